The van der Waals surface area contributed by atoms with Gasteiger partial charge in [-0.1, -0.05) is 18.2 Å². The average Bonchev–Trinajstić information content (AvgIpc) is 2.90. The maximum atomic E-state index is 12.1. The molecule has 0 aliphatic carbocycles. The Hall–Kier alpha value is -1.88. The van der Waals surface area contributed by atoms with Gasteiger partial charge in [-0.2, -0.15) is 0 Å². The SMILES string of the molecule is CC1(c2ccccc2N2CC(=O)NCC2=O)CCCN1. The number of nitrogens with zero attached hydrogens (tertiary/aromatic N) is 1. The molecule has 2 fully saturated rings. The van der Waals surface area contributed by atoms with Crippen molar-refractivity contribution < 1.29 is 9.59 Å². The molecular weight excluding hydrogens is 254 g/mol. The maximum absolute atomic E-state index is 12.1. The molecule has 0 aromatic heterocycles. The lowest BCUT2D eigenvalue weighted by Crippen LogP contribution is -2.52. The summed E-state index contributed by atoms with van der Waals surface area (Å²) >= 11 is 0. The van der Waals surface area contributed by atoms with E-state index in [1.807, 2.05) is 24.3 Å². The number of hydrogen-bond acceptors (Lipinski definition) is 3. The van der Waals surface area contributed by atoms with Gasteiger partial charge in [-0.15, -0.1) is 0 Å². The number of amides is 2. The van der Waals surface area contributed by atoms with Crippen LogP contribution in [-0.2, 0) is 15.1 Å². The van der Waals surface area contributed by atoms with Crippen molar-refractivity contribution in [2.75, 3.05) is 24.5 Å². The average molecular weight is 273 g/mol. The topological polar surface area (TPSA) is 61.4 Å². The van der Waals surface area contributed by atoms with Gasteiger partial charge in [-0.05, 0) is 37.9 Å². The molecule has 2 heterocycles. The molecule has 3 rings (SSSR count). The van der Waals surface area contributed by atoms with Gasteiger partial charge < -0.3 is 15.5 Å². The number of benzene rings is 1. The number of anilines is 1. The van der Waals surface area contributed by atoms with Crippen molar-refractivity contribution in [1.82, 2.24) is 10.6 Å². The molecule has 2 amide bonds. The lowest BCUT2D eigenvalue weighted by atomic mass is 9.88. The Morgan fingerprint density at radius 3 is 2.80 bits per heavy atom. The van der Waals surface area contributed by atoms with Gasteiger partial charge in [0.2, 0.25) is 11.8 Å². The maximum Gasteiger partial charge on any atom is 0.246 e. The third-order valence-corrected chi connectivity index (χ3v) is 4.20. The number of hydrogen-bond donors (Lipinski definition) is 2. The fraction of sp³-hybridized carbons (Fsp3) is 0.467. The van der Waals surface area contributed by atoms with Crippen LogP contribution >= 0.6 is 0 Å². The molecule has 0 radical (unpaired) electrons. The van der Waals surface area contributed by atoms with Crippen LogP contribution in [0.2, 0.25) is 0 Å². The molecule has 0 bridgehead atoms. The molecular formula is C15H19N3O2. The highest BCUT2D eigenvalue weighted by Gasteiger charge is 2.35. The summed E-state index contributed by atoms with van der Waals surface area (Å²) in [7, 11) is 0. The fourth-order valence-corrected chi connectivity index (χ4v) is 3.08. The predicted octanol–water partition coefficient (Wildman–Crippen LogP) is 0.748. The summed E-state index contributed by atoms with van der Waals surface area (Å²) in [4.78, 5) is 25.3. The van der Waals surface area contributed by atoms with Crippen LogP contribution in [0.5, 0.6) is 0 Å². The summed E-state index contributed by atoms with van der Waals surface area (Å²) in [5.41, 5.74) is 1.83. The first-order valence-corrected chi connectivity index (χ1v) is 7.02. The Kier molecular flexibility index (Phi) is 3.22. The van der Waals surface area contributed by atoms with E-state index in [1.54, 1.807) is 4.90 Å². The molecule has 106 valence electrons. The molecule has 2 aliphatic rings. The van der Waals surface area contributed by atoms with Crippen molar-refractivity contribution in [3.63, 3.8) is 0 Å². The fourth-order valence-electron chi connectivity index (χ4n) is 3.08. The number of carbonyl (C=O) groups is 2. The molecule has 1 aromatic carbocycles. The van der Waals surface area contributed by atoms with E-state index in [-0.39, 0.29) is 30.4 Å². The van der Waals surface area contributed by atoms with Gasteiger partial charge in [0.05, 0.1) is 6.54 Å². The zero-order valence-corrected chi connectivity index (χ0v) is 11.6. The lowest BCUT2D eigenvalue weighted by Gasteiger charge is -2.33. The quantitative estimate of drug-likeness (QED) is 0.836. The molecule has 2 aliphatic heterocycles. The molecule has 2 N–H and O–H groups in total. The summed E-state index contributed by atoms with van der Waals surface area (Å²) in [6, 6.07) is 7.88. The number of para-hydroxylation sites is 1. The molecule has 1 aromatic rings. The van der Waals surface area contributed by atoms with Crippen molar-refractivity contribution in [3.8, 4) is 0 Å². The third-order valence-electron chi connectivity index (χ3n) is 4.20. The summed E-state index contributed by atoms with van der Waals surface area (Å²) < 4.78 is 0. The summed E-state index contributed by atoms with van der Waals surface area (Å²) in [5.74, 6) is -0.164. The second kappa shape index (κ2) is 4.90. The van der Waals surface area contributed by atoms with Crippen molar-refractivity contribution in [2.24, 2.45) is 0 Å². The molecule has 20 heavy (non-hydrogen) atoms. The van der Waals surface area contributed by atoms with E-state index in [2.05, 4.69) is 17.6 Å². The van der Waals surface area contributed by atoms with E-state index in [0.717, 1.165) is 30.6 Å². The number of carbonyl (C=O) groups excluding carboxylic acids is 2. The highest BCUT2D eigenvalue weighted by atomic mass is 16.2. The molecule has 0 spiro atoms. The van der Waals surface area contributed by atoms with Crippen LogP contribution in [0, 0.1) is 0 Å². The lowest BCUT2D eigenvalue weighted by molar-refractivity contribution is -0.128. The van der Waals surface area contributed by atoms with Crippen molar-refractivity contribution in [3.05, 3.63) is 29.8 Å². The van der Waals surface area contributed by atoms with Gasteiger partial charge in [0.15, 0.2) is 0 Å². The van der Waals surface area contributed by atoms with Gasteiger partial charge in [0.25, 0.3) is 0 Å². The highest BCUT2D eigenvalue weighted by Crippen LogP contribution is 2.36. The Morgan fingerprint density at radius 1 is 1.25 bits per heavy atom. The Bertz CT molecular complexity index is 550. The van der Waals surface area contributed by atoms with Gasteiger partial charge in [-0.3, -0.25) is 9.59 Å². The first kappa shape index (κ1) is 13.1. The summed E-state index contributed by atoms with van der Waals surface area (Å²) in [5, 5.41) is 6.10. The van der Waals surface area contributed by atoms with Crippen molar-refractivity contribution in [2.45, 2.75) is 25.3 Å². The predicted molar refractivity (Wildman–Crippen MR) is 76.4 cm³/mol. The van der Waals surface area contributed by atoms with Crippen molar-refractivity contribution in [1.29, 1.82) is 0 Å². The van der Waals surface area contributed by atoms with E-state index in [1.165, 1.54) is 0 Å². The van der Waals surface area contributed by atoms with E-state index in [4.69, 9.17) is 0 Å². The first-order chi connectivity index (χ1) is 9.60. The Morgan fingerprint density at radius 2 is 2.05 bits per heavy atom. The molecule has 5 heteroatoms. The molecule has 0 saturated carbocycles. The van der Waals surface area contributed by atoms with E-state index >= 15 is 0 Å². The van der Waals surface area contributed by atoms with Crippen LogP contribution < -0.4 is 15.5 Å². The second-order valence-electron chi connectivity index (χ2n) is 5.64. The Balaban J connectivity index is 2.01. The zero-order valence-electron chi connectivity index (χ0n) is 11.6. The summed E-state index contributed by atoms with van der Waals surface area (Å²) in [6.45, 7) is 3.33. The first-order valence-electron chi connectivity index (χ1n) is 7.02. The van der Waals surface area contributed by atoms with Crippen LogP contribution in [0.25, 0.3) is 0 Å². The molecule has 5 nitrogen and oxygen atoms in total. The molecule has 1 unspecified atom stereocenters. The van der Waals surface area contributed by atoms with E-state index in [9.17, 15) is 9.59 Å². The minimum atomic E-state index is -0.120. The standard InChI is InChI=1S/C15H19N3O2/c1-15(7-4-8-17-15)11-5-2-3-6-12(11)18-10-13(19)16-9-14(18)20/h2-3,5-6,17H,4,7-10H2,1H3,(H,16,19). The van der Waals surface area contributed by atoms with Gasteiger partial charge >= 0.3 is 0 Å². The normalized spacial score (nSPS) is 26.8. The van der Waals surface area contributed by atoms with Crippen LogP contribution in [0.4, 0.5) is 5.69 Å². The highest BCUT2D eigenvalue weighted by molar-refractivity contribution is 6.05. The van der Waals surface area contributed by atoms with Crippen LogP contribution in [0.3, 0.4) is 0 Å². The van der Waals surface area contributed by atoms with Gasteiger partial charge in [0.1, 0.15) is 6.54 Å². The van der Waals surface area contributed by atoms with E-state index < -0.39 is 0 Å². The van der Waals surface area contributed by atoms with Crippen LogP contribution in [-0.4, -0.2) is 31.4 Å². The minimum absolute atomic E-state index is 0.0568. The van der Waals surface area contributed by atoms with E-state index in [0.29, 0.717) is 0 Å². The van der Waals surface area contributed by atoms with Gasteiger partial charge in [-0.25, -0.2) is 0 Å². The zero-order chi connectivity index (χ0) is 14.2. The second-order valence-corrected chi connectivity index (χ2v) is 5.64. The minimum Gasteiger partial charge on any atom is -0.345 e. The van der Waals surface area contributed by atoms with Gasteiger partial charge in [0, 0.05) is 11.2 Å². The number of nitrogens with one attached hydrogen (secondary N) is 2. The Labute approximate surface area is 118 Å². The smallest absolute Gasteiger partial charge is 0.246 e. The monoisotopic (exact) mass is 273 g/mol. The van der Waals surface area contributed by atoms with Crippen LogP contribution in [0.15, 0.2) is 24.3 Å². The summed E-state index contributed by atoms with van der Waals surface area (Å²) in [6.07, 6.45) is 2.16. The largest absolute Gasteiger partial charge is 0.345 e. The number of piperazine rings is 1. The number of rotatable bonds is 2. The third kappa shape index (κ3) is 2.18. The molecule has 1 atom stereocenters. The van der Waals surface area contributed by atoms with Crippen LogP contribution in [0.1, 0.15) is 25.3 Å². The molecule has 2 saturated heterocycles. The van der Waals surface area contributed by atoms with Crippen molar-refractivity contribution >= 4 is 17.5 Å².